The first-order chi connectivity index (χ1) is 15.2. The maximum absolute atomic E-state index is 12.3. The SMILES string of the molecule is O=c1ccc(-c2ccc3c(c2)OCO3)nn1Cc1nc(-c2ccc3c(c2)OCO3)no1. The Bertz CT molecular complexity index is 1360. The van der Waals surface area contributed by atoms with Crippen molar-refractivity contribution in [1.29, 1.82) is 0 Å². The Hall–Kier alpha value is -4.34. The highest BCUT2D eigenvalue weighted by molar-refractivity contribution is 5.64. The predicted octanol–water partition coefficient (Wildman–Crippen LogP) is 2.47. The third-order valence-electron chi connectivity index (χ3n) is 4.92. The summed E-state index contributed by atoms with van der Waals surface area (Å²) in [5.41, 5.74) is 1.83. The van der Waals surface area contributed by atoms with Crippen molar-refractivity contribution in [3.63, 3.8) is 0 Å². The first-order valence-electron chi connectivity index (χ1n) is 9.44. The monoisotopic (exact) mass is 418 g/mol. The number of aromatic nitrogens is 4. The molecule has 0 spiro atoms. The lowest BCUT2D eigenvalue weighted by molar-refractivity contribution is 0.173. The standard InChI is InChI=1S/C21H14N4O6/c26-20-6-3-14(12-1-4-15-17(7-12)29-10-27-15)23-25(20)9-19-22-21(24-31-19)13-2-5-16-18(8-13)30-11-28-16/h1-8H,9-11H2. The Kier molecular flexibility index (Phi) is 3.88. The highest BCUT2D eigenvalue weighted by Crippen LogP contribution is 2.36. The predicted molar refractivity (Wildman–Crippen MR) is 105 cm³/mol. The molecule has 0 N–H and O–H groups in total. The van der Waals surface area contributed by atoms with E-state index < -0.39 is 0 Å². The summed E-state index contributed by atoms with van der Waals surface area (Å²) in [6, 6.07) is 14.0. The number of hydrogen-bond acceptors (Lipinski definition) is 9. The average Bonchev–Trinajstić information content (AvgIpc) is 3.54. The Labute approximate surface area is 174 Å². The molecule has 0 unspecified atom stereocenters. The lowest BCUT2D eigenvalue weighted by atomic mass is 10.1. The van der Waals surface area contributed by atoms with Gasteiger partial charge < -0.3 is 23.5 Å². The average molecular weight is 418 g/mol. The van der Waals surface area contributed by atoms with Gasteiger partial charge in [-0.15, -0.1) is 0 Å². The minimum atomic E-state index is -0.285. The Balaban J connectivity index is 1.28. The van der Waals surface area contributed by atoms with E-state index in [4.69, 9.17) is 23.5 Å². The fourth-order valence-electron chi connectivity index (χ4n) is 3.37. The molecule has 154 valence electrons. The van der Waals surface area contributed by atoms with Crippen molar-refractivity contribution >= 4 is 0 Å². The third-order valence-corrected chi connectivity index (χ3v) is 4.92. The van der Waals surface area contributed by atoms with Gasteiger partial charge in [0.15, 0.2) is 23.0 Å². The van der Waals surface area contributed by atoms with Gasteiger partial charge in [-0.05, 0) is 42.5 Å². The molecule has 2 aromatic heterocycles. The molecule has 0 atom stereocenters. The molecule has 0 amide bonds. The number of benzene rings is 2. The van der Waals surface area contributed by atoms with Crippen LogP contribution in [-0.2, 0) is 6.54 Å². The summed E-state index contributed by atoms with van der Waals surface area (Å²) in [6.45, 7) is 0.411. The van der Waals surface area contributed by atoms with E-state index >= 15 is 0 Å². The summed E-state index contributed by atoms with van der Waals surface area (Å²) in [6.07, 6.45) is 0. The zero-order valence-corrected chi connectivity index (χ0v) is 16.0. The van der Waals surface area contributed by atoms with Gasteiger partial charge in [0, 0.05) is 17.2 Å². The lowest BCUT2D eigenvalue weighted by Crippen LogP contribution is -2.23. The Morgan fingerprint density at radius 1 is 0.806 bits per heavy atom. The van der Waals surface area contributed by atoms with Gasteiger partial charge >= 0.3 is 0 Å². The number of fused-ring (bicyclic) bond motifs is 2. The molecule has 2 aromatic carbocycles. The van der Waals surface area contributed by atoms with Crippen LogP contribution in [0.15, 0.2) is 57.8 Å². The Morgan fingerprint density at radius 2 is 1.48 bits per heavy atom. The molecule has 10 nitrogen and oxygen atoms in total. The molecule has 0 bridgehead atoms. The molecule has 4 heterocycles. The number of hydrogen-bond donors (Lipinski definition) is 0. The van der Waals surface area contributed by atoms with E-state index in [1.165, 1.54) is 10.7 Å². The molecule has 4 aromatic rings. The van der Waals surface area contributed by atoms with Crippen molar-refractivity contribution in [3.8, 4) is 45.6 Å². The van der Waals surface area contributed by atoms with E-state index in [0.29, 0.717) is 40.1 Å². The van der Waals surface area contributed by atoms with Crippen molar-refractivity contribution in [2.45, 2.75) is 6.54 Å². The highest BCUT2D eigenvalue weighted by Gasteiger charge is 2.18. The van der Waals surface area contributed by atoms with Crippen LogP contribution in [0.5, 0.6) is 23.0 Å². The molecule has 2 aliphatic heterocycles. The van der Waals surface area contributed by atoms with E-state index in [9.17, 15) is 4.79 Å². The summed E-state index contributed by atoms with van der Waals surface area (Å²) in [5.74, 6) is 3.25. The van der Waals surface area contributed by atoms with Gasteiger partial charge in [0.1, 0.15) is 6.54 Å². The molecule has 31 heavy (non-hydrogen) atoms. The van der Waals surface area contributed by atoms with Crippen LogP contribution >= 0.6 is 0 Å². The molecule has 0 aliphatic carbocycles. The van der Waals surface area contributed by atoms with Gasteiger partial charge in [0.25, 0.3) is 5.56 Å². The largest absolute Gasteiger partial charge is 0.454 e. The zero-order valence-electron chi connectivity index (χ0n) is 16.0. The zero-order chi connectivity index (χ0) is 20.8. The normalized spacial score (nSPS) is 13.5. The fraction of sp³-hybridized carbons (Fsp3) is 0.143. The van der Waals surface area contributed by atoms with Gasteiger partial charge in [0.2, 0.25) is 25.3 Å². The van der Waals surface area contributed by atoms with Crippen LogP contribution in [0.1, 0.15) is 5.89 Å². The van der Waals surface area contributed by atoms with Crippen LogP contribution in [0.25, 0.3) is 22.6 Å². The molecule has 0 saturated carbocycles. The lowest BCUT2D eigenvalue weighted by Gasteiger charge is -2.06. The maximum atomic E-state index is 12.3. The first kappa shape index (κ1) is 17.5. The summed E-state index contributed by atoms with van der Waals surface area (Å²) >= 11 is 0. The fourth-order valence-corrected chi connectivity index (χ4v) is 3.37. The molecule has 6 rings (SSSR count). The molecule has 0 fully saturated rings. The van der Waals surface area contributed by atoms with E-state index in [2.05, 4.69) is 15.2 Å². The van der Waals surface area contributed by atoms with Gasteiger partial charge in [-0.1, -0.05) is 5.16 Å². The molecular weight excluding hydrogens is 404 g/mol. The molecule has 10 heteroatoms. The molecule has 0 saturated heterocycles. The summed E-state index contributed by atoms with van der Waals surface area (Å²) in [4.78, 5) is 16.7. The van der Waals surface area contributed by atoms with E-state index in [-0.39, 0.29) is 31.6 Å². The van der Waals surface area contributed by atoms with Gasteiger partial charge in [0.05, 0.1) is 5.69 Å². The van der Waals surface area contributed by atoms with Crippen molar-refractivity contribution < 1.29 is 23.5 Å². The van der Waals surface area contributed by atoms with Gasteiger partial charge in [-0.25, -0.2) is 4.68 Å². The minimum Gasteiger partial charge on any atom is -0.454 e. The maximum Gasteiger partial charge on any atom is 0.267 e. The topological polar surface area (TPSA) is 111 Å². The molecule has 0 radical (unpaired) electrons. The Morgan fingerprint density at radius 3 is 2.26 bits per heavy atom. The van der Waals surface area contributed by atoms with Gasteiger partial charge in [-0.3, -0.25) is 4.79 Å². The summed E-state index contributed by atoms with van der Waals surface area (Å²) in [7, 11) is 0. The van der Waals surface area contributed by atoms with Crippen molar-refractivity contribution in [2.24, 2.45) is 0 Å². The van der Waals surface area contributed by atoms with Crippen molar-refractivity contribution in [3.05, 3.63) is 64.8 Å². The highest BCUT2D eigenvalue weighted by atomic mass is 16.7. The van der Waals surface area contributed by atoms with Crippen LogP contribution in [-0.4, -0.2) is 33.5 Å². The van der Waals surface area contributed by atoms with Crippen LogP contribution in [0, 0.1) is 0 Å². The van der Waals surface area contributed by atoms with Gasteiger partial charge in [-0.2, -0.15) is 10.1 Å². The smallest absolute Gasteiger partial charge is 0.267 e. The second kappa shape index (κ2) is 6.87. The second-order valence-corrected chi connectivity index (χ2v) is 6.86. The summed E-state index contributed by atoms with van der Waals surface area (Å²) in [5, 5.41) is 8.44. The summed E-state index contributed by atoms with van der Waals surface area (Å²) < 4.78 is 28.0. The van der Waals surface area contributed by atoms with Crippen molar-refractivity contribution in [2.75, 3.05) is 13.6 Å². The van der Waals surface area contributed by atoms with Crippen LogP contribution in [0.4, 0.5) is 0 Å². The number of ether oxygens (including phenoxy) is 4. The van der Waals surface area contributed by atoms with E-state index in [0.717, 1.165) is 5.56 Å². The minimum absolute atomic E-state index is 0.0365. The number of rotatable bonds is 4. The molecular formula is C21H14N4O6. The molecule has 2 aliphatic rings. The van der Waals surface area contributed by atoms with E-state index in [1.807, 2.05) is 24.3 Å². The van der Waals surface area contributed by atoms with Crippen LogP contribution in [0.2, 0.25) is 0 Å². The van der Waals surface area contributed by atoms with Crippen LogP contribution < -0.4 is 24.5 Å². The third kappa shape index (κ3) is 3.14. The first-order valence-corrected chi connectivity index (χ1v) is 9.44. The quantitative estimate of drug-likeness (QED) is 0.493. The number of nitrogens with zero attached hydrogens (tertiary/aromatic N) is 4. The van der Waals surface area contributed by atoms with Crippen LogP contribution in [0.3, 0.4) is 0 Å². The second-order valence-electron chi connectivity index (χ2n) is 6.86. The van der Waals surface area contributed by atoms with Crippen molar-refractivity contribution in [1.82, 2.24) is 19.9 Å². The van der Waals surface area contributed by atoms with E-state index in [1.54, 1.807) is 18.2 Å².